The number of anilines is 1. The van der Waals surface area contributed by atoms with Gasteiger partial charge in [-0.2, -0.15) is 0 Å². The normalized spacial score (nSPS) is 11.1. The first-order valence-electron chi connectivity index (χ1n) is 9.61. The quantitative estimate of drug-likeness (QED) is 0.268. The van der Waals surface area contributed by atoms with Crippen LogP contribution in [-0.2, 0) is 4.79 Å². The van der Waals surface area contributed by atoms with Crippen LogP contribution in [0.15, 0.2) is 63.0 Å². The van der Waals surface area contributed by atoms with Crippen molar-refractivity contribution >= 4 is 60.8 Å². The average Bonchev–Trinajstić information content (AvgIpc) is 3.02. The molecular weight excluding hydrogens is 494 g/mol. The molecule has 0 spiro atoms. The van der Waals surface area contributed by atoms with Crippen LogP contribution >= 0.6 is 39.0 Å². The van der Waals surface area contributed by atoms with Crippen LogP contribution in [0.2, 0.25) is 0 Å². The summed E-state index contributed by atoms with van der Waals surface area (Å²) in [5, 5.41) is 4.04. The van der Waals surface area contributed by atoms with Crippen molar-refractivity contribution in [1.82, 2.24) is 9.55 Å². The Bertz CT molecular complexity index is 1340. The van der Waals surface area contributed by atoms with E-state index in [2.05, 4.69) is 21.2 Å². The minimum atomic E-state index is -0.156. The molecule has 1 amide bonds. The lowest BCUT2D eigenvalue weighted by Gasteiger charge is -2.13. The Balaban J connectivity index is 1.70. The molecule has 0 atom stereocenters. The van der Waals surface area contributed by atoms with Crippen LogP contribution in [0.5, 0.6) is 0 Å². The number of carbonyl (C=O) groups is 1. The third-order valence-corrected chi connectivity index (χ3v) is 7.46. The predicted octanol–water partition coefficient (Wildman–Crippen LogP) is 5.87. The maximum Gasteiger partial charge on any atom is 0.267 e. The van der Waals surface area contributed by atoms with Gasteiger partial charge in [0.05, 0.1) is 16.8 Å². The van der Waals surface area contributed by atoms with Crippen LogP contribution in [0, 0.1) is 20.8 Å². The van der Waals surface area contributed by atoms with Gasteiger partial charge in [0.25, 0.3) is 5.56 Å². The van der Waals surface area contributed by atoms with Gasteiger partial charge in [-0.1, -0.05) is 39.8 Å². The number of aryl methyl sites for hydroxylation is 3. The van der Waals surface area contributed by atoms with E-state index in [9.17, 15) is 9.59 Å². The molecule has 4 aromatic rings. The van der Waals surface area contributed by atoms with E-state index in [4.69, 9.17) is 4.98 Å². The first-order valence-corrected chi connectivity index (χ1v) is 12.2. The highest BCUT2D eigenvalue weighted by molar-refractivity contribution is 9.10. The van der Waals surface area contributed by atoms with Gasteiger partial charge in [-0.15, -0.1) is 11.3 Å². The molecule has 0 aliphatic rings. The Morgan fingerprint density at radius 3 is 2.61 bits per heavy atom. The number of carbonyl (C=O) groups excluding carboxylic acids is 1. The van der Waals surface area contributed by atoms with Crippen molar-refractivity contribution in [1.29, 1.82) is 0 Å². The van der Waals surface area contributed by atoms with Gasteiger partial charge in [-0.05, 0) is 68.3 Å². The van der Waals surface area contributed by atoms with E-state index < -0.39 is 0 Å². The van der Waals surface area contributed by atoms with E-state index in [0.717, 1.165) is 31.9 Å². The number of halogens is 1. The van der Waals surface area contributed by atoms with E-state index >= 15 is 0 Å². The third kappa shape index (κ3) is 4.61. The Hall–Kier alpha value is -2.42. The molecule has 0 unspecified atom stereocenters. The minimum absolute atomic E-state index is 0.103. The third-order valence-electron chi connectivity index (χ3n) is 4.89. The summed E-state index contributed by atoms with van der Waals surface area (Å²) in [6.07, 6.45) is 0. The second-order valence-electron chi connectivity index (χ2n) is 7.18. The summed E-state index contributed by atoms with van der Waals surface area (Å²) >= 11 is 6.15. The molecule has 0 aliphatic carbocycles. The number of rotatable bonds is 5. The Morgan fingerprint density at radius 1 is 1.16 bits per heavy atom. The van der Waals surface area contributed by atoms with Crippen LogP contribution in [0.25, 0.3) is 15.9 Å². The molecule has 2 heterocycles. The number of aromatic nitrogens is 2. The molecule has 2 aromatic carbocycles. The first-order chi connectivity index (χ1) is 14.8. The maximum atomic E-state index is 13.5. The van der Waals surface area contributed by atoms with Crippen LogP contribution in [-0.4, -0.2) is 21.2 Å². The zero-order valence-corrected chi connectivity index (χ0v) is 20.5. The summed E-state index contributed by atoms with van der Waals surface area (Å²) < 4.78 is 2.56. The van der Waals surface area contributed by atoms with E-state index in [1.54, 1.807) is 4.57 Å². The van der Waals surface area contributed by atoms with Crippen molar-refractivity contribution in [2.45, 2.75) is 25.9 Å². The maximum absolute atomic E-state index is 13.5. The molecular formula is C23H20BrN3O2S2. The molecule has 2 aromatic heterocycles. The van der Waals surface area contributed by atoms with Crippen LogP contribution < -0.4 is 10.9 Å². The van der Waals surface area contributed by atoms with Gasteiger partial charge in [0.15, 0.2) is 5.16 Å². The SMILES string of the molecule is Cc1cccc(-n2c(SCC(=O)Nc3ccc(Br)cc3)nc3sc(C)c(C)c3c2=O)c1. The standard InChI is InChI=1S/C23H20BrN3O2S2/c1-13-5-4-6-18(11-13)27-22(29)20-14(2)15(3)31-21(20)26-23(27)30-12-19(28)25-17-9-7-16(24)8-10-17/h4-11H,12H2,1-3H3,(H,25,28). The molecule has 0 aliphatic heterocycles. The molecule has 8 heteroatoms. The lowest BCUT2D eigenvalue weighted by Crippen LogP contribution is -2.23. The summed E-state index contributed by atoms with van der Waals surface area (Å²) in [5.74, 6) is -0.0145. The highest BCUT2D eigenvalue weighted by Gasteiger charge is 2.19. The Morgan fingerprint density at radius 2 is 1.90 bits per heavy atom. The largest absolute Gasteiger partial charge is 0.325 e. The Kier molecular flexibility index (Phi) is 6.31. The summed E-state index contributed by atoms with van der Waals surface area (Å²) in [7, 11) is 0. The fraction of sp³-hybridized carbons (Fsp3) is 0.174. The number of fused-ring (bicyclic) bond motifs is 1. The van der Waals surface area contributed by atoms with Crippen molar-refractivity contribution in [2.75, 3.05) is 11.1 Å². The van der Waals surface area contributed by atoms with Crippen LogP contribution in [0.1, 0.15) is 16.0 Å². The molecule has 0 bridgehead atoms. The molecule has 4 rings (SSSR count). The fourth-order valence-electron chi connectivity index (χ4n) is 3.23. The Labute approximate surface area is 196 Å². The second kappa shape index (κ2) is 8.98. The lowest BCUT2D eigenvalue weighted by molar-refractivity contribution is -0.113. The van der Waals surface area contributed by atoms with Gasteiger partial charge in [0, 0.05) is 15.0 Å². The van der Waals surface area contributed by atoms with Gasteiger partial charge in [0.2, 0.25) is 5.91 Å². The number of hydrogen-bond donors (Lipinski definition) is 1. The molecule has 0 saturated heterocycles. The number of thioether (sulfide) groups is 1. The molecule has 158 valence electrons. The smallest absolute Gasteiger partial charge is 0.267 e. The molecule has 0 radical (unpaired) electrons. The topological polar surface area (TPSA) is 64.0 Å². The van der Waals surface area contributed by atoms with Gasteiger partial charge in [-0.3, -0.25) is 14.2 Å². The van der Waals surface area contributed by atoms with Crippen LogP contribution in [0.4, 0.5) is 5.69 Å². The lowest BCUT2D eigenvalue weighted by atomic mass is 10.2. The van der Waals surface area contributed by atoms with E-state index in [-0.39, 0.29) is 17.2 Å². The predicted molar refractivity (Wildman–Crippen MR) is 133 cm³/mol. The number of nitrogens with zero attached hydrogens (tertiary/aromatic N) is 2. The molecule has 0 fully saturated rings. The van der Waals surface area contributed by atoms with Crippen molar-refractivity contribution in [2.24, 2.45) is 0 Å². The highest BCUT2D eigenvalue weighted by atomic mass is 79.9. The van der Waals surface area contributed by atoms with E-state index in [0.29, 0.717) is 15.4 Å². The van der Waals surface area contributed by atoms with Crippen molar-refractivity contribution in [3.63, 3.8) is 0 Å². The molecule has 31 heavy (non-hydrogen) atoms. The van der Waals surface area contributed by atoms with E-state index in [1.165, 1.54) is 23.1 Å². The zero-order valence-electron chi connectivity index (χ0n) is 17.2. The van der Waals surface area contributed by atoms with Crippen molar-refractivity contribution < 1.29 is 4.79 Å². The molecule has 0 saturated carbocycles. The zero-order chi connectivity index (χ0) is 22.1. The monoisotopic (exact) mass is 513 g/mol. The molecule has 1 N–H and O–H groups in total. The number of thiophene rings is 1. The minimum Gasteiger partial charge on any atom is -0.325 e. The molecule has 5 nitrogen and oxygen atoms in total. The van der Waals surface area contributed by atoms with Gasteiger partial charge in [-0.25, -0.2) is 4.98 Å². The number of nitrogens with one attached hydrogen (secondary N) is 1. The van der Waals surface area contributed by atoms with Gasteiger partial charge < -0.3 is 5.32 Å². The second-order valence-corrected chi connectivity index (χ2v) is 10.2. The average molecular weight is 514 g/mol. The van der Waals surface area contributed by atoms with E-state index in [1.807, 2.05) is 69.3 Å². The van der Waals surface area contributed by atoms with Crippen molar-refractivity contribution in [3.8, 4) is 5.69 Å². The summed E-state index contributed by atoms with van der Waals surface area (Å²) in [6.45, 7) is 5.94. The summed E-state index contributed by atoms with van der Waals surface area (Å²) in [5.41, 5.74) is 3.37. The fourth-order valence-corrected chi connectivity index (χ4v) is 5.37. The number of benzene rings is 2. The highest BCUT2D eigenvalue weighted by Crippen LogP contribution is 2.29. The summed E-state index contributed by atoms with van der Waals surface area (Å²) in [6, 6.07) is 15.1. The van der Waals surface area contributed by atoms with Crippen molar-refractivity contribution in [3.05, 3.63) is 79.4 Å². The van der Waals surface area contributed by atoms with Gasteiger partial charge >= 0.3 is 0 Å². The first kappa shape index (κ1) is 21.8. The number of amides is 1. The van der Waals surface area contributed by atoms with Gasteiger partial charge in [0.1, 0.15) is 4.83 Å². The van der Waals surface area contributed by atoms with Crippen LogP contribution in [0.3, 0.4) is 0 Å². The number of hydrogen-bond acceptors (Lipinski definition) is 5. The summed E-state index contributed by atoms with van der Waals surface area (Å²) in [4.78, 5) is 32.6.